The lowest BCUT2D eigenvalue weighted by atomic mass is 10.2. The van der Waals surface area contributed by atoms with Crippen molar-refractivity contribution < 1.29 is 22.7 Å². The summed E-state index contributed by atoms with van der Waals surface area (Å²) in [6, 6.07) is 4.50. The number of halogens is 4. The third-order valence-corrected chi connectivity index (χ3v) is 2.79. The Bertz CT molecular complexity index is 707. The van der Waals surface area contributed by atoms with Crippen LogP contribution in [0, 0.1) is 0 Å². The molecule has 0 fully saturated rings. The lowest BCUT2D eigenvalue weighted by Crippen LogP contribution is -2.16. The number of nitrogens with zero attached hydrogens (tertiary/aromatic N) is 2. The zero-order valence-corrected chi connectivity index (χ0v) is 11.9. The summed E-state index contributed by atoms with van der Waals surface area (Å²) in [4.78, 5) is 19.1. The van der Waals surface area contributed by atoms with E-state index in [1.807, 2.05) is 0 Å². The van der Waals surface area contributed by atoms with E-state index in [1.165, 1.54) is 19.2 Å². The molecule has 9 heteroatoms. The van der Waals surface area contributed by atoms with Gasteiger partial charge in [-0.2, -0.15) is 13.2 Å². The number of amides is 1. The molecule has 0 bridgehead atoms. The van der Waals surface area contributed by atoms with Gasteiger partial charge in [0.2, 0.25) is 0 Å². The van der Waals surface area contributed by atoms with Gasteiger partial charge in [0.1, 0.15) is 28.0 Å². The molecule has 0 spiro atoms. The van der Waals surface area contributed by atoms with Gasteiger partial charge in [0.25, 0.3) is 5.91 Å². The highest BCUT2D eigenvalue weighted by molar-refractivity contribution is 6.29. The maximum atomic E-state index is 12.6. The zero-order chi connectivity index (χ0) is 16.3. The largest absolute Gasteiger partial charge is 0.496 e. The summed E-state index contributed by atoms with van der Waals surface area (Å²) in [7, 11) is 1.32. The molecule has 2 rings (SSSR count). The van der Waals surface area contributed by atoms with Crippen LogP contribution in [0.5, 0.6) is 5.75 Å². The van der Waals surface area contributed by atoms with Crippen LogP contribution in [0.3, 0.4) is 0 Å². The molecule has 2 aromatic rings. The van der Waals surface area contributed by atoms with Gasteiger partial charge < -0.3 is 10.1 Å². The predicted octanol–water partition coefficient (Wildman–Crippen LogP) is 3.41. The molecule has 22 heavy (non-hydrogen) atoms. The van der Waals surface area contributed by atoms with Crippen LogP contribution in [-0.4, -0.2) is 23.0 Å². The van der Waals surface area contributed by atoms with Gasteiger partial charge in [0, 0.05) is 12.3 Å². The highest BCUT2D eigenvalue weighted by Gasteiger charge is 2.32. The van der Waals surface area contributed by atoms with Crippen molar-refractivity contribution >= 4 is 23.3 Å². The molecule has 0 aromatic carbocycles. The quantitative estimate of drug-likeness (QED) is 0.875. The molecule has 0 radical (unpaired) electrons. The fourth-order valence-corrected chi connectivity index (χ4v) is 1.75. The topological polar surface area (TPSA) is 64.1 Å². The molecule has 0 saturated heterocycles. The van der Waals surface area contributed by atoms with Gasteiger partial charge >= 0.3 is 6.18 Å². The van der Waals surface area contributed by atoms with Gasteiger partial charge in [0.05, 0.1) is 7.11 Å². The van der Waals surface area contributed by atoms with Gasteiger partial charge in [-0.15, -0.1) is 0 Å². The molecule has 1 N–H and O–H groups in total. The molecule has 1 amide bonds. The fourth-order valence-electron chi connectivity index (χ4n) is 1.60. The van der Waals surface area contributed by atoms with Crippen molar-refractivity contribution in [2.75, 3.05) is 12.4 Å². The third-order valence-electron chi connectivity index (χ3n) is 2.58. The molecule has 0 aliphatic rings. The Kier molecular flexibility index (Phi) is 4.51. The summed E-state index contributed by atoms with van der Waals surface area (Å²) in [5, 5.41) is 2.37. The Labute approximate surface area is 128 Å². The van der Waals surface area contributed by atoms with E-state index in [-0.39, 0.29) is 22.3 Å². The van der Waals surface area contributed by atoms with Gasteiger partial charge in [-0.05, 0) is 12.1 Å². The average molecular weight is 332 g/mol. The summed E-state index contributed by atoms with van der Waals surface area (Å²) < 4.78 is 42.7. The average Bonchev–Trinajstić information content (AvgIpc) is 2.46. The van der Waals surface area contributed by atoms with Gasteiger partial charge in [-0.25, -0.2) is 9.97 Å². The van der Waals surface area contributed by atoms with Crippen LogP contribution in [0.1, 0.15) is 16.1 Å². The number of anilines is 1. The van der Waals surface area contributed by atoms with E-state index < -0.39 is 17.8 Å². The highest BCUT2D eigenvalue weighted by Crippen LogP contribution is 2.28. The summed E-state index contributed by atoms with van der Waals surface area (Å²) in [5.74, 6) is -0.811. The number of hydrogen-bond donors (Lipinski definition) is 1. The smallest absolute Gasteiger partial charge is 0.433 e. The van der Waals surface area contributed by atoms with Crippen molar-refractivity contribution in [1.82, 2.24) is 9.97 Å². The second-order valence-electron chi connectivity index (χ2n) is 4.07. The molecule has 0 aliphatic carbocycles. The summed E-state index contributed by atoms with van der Waals surface area (Å²) in [6.45, 7) is 0. The minimum Gasteiger partial charge on any atom is -0.496 e. The van der Waals surface area contributed by atoms with Crippen LogP contribution in [0.2, 0.25) is 5.15 Å². The SMILES string of the molecule is COc1cc(Cl)ncc1C(=O)Nc1cccc(C(F)(F)F)n1. The number of carbonyl (C=O) groups is 1. The minimum atomic E-state index is -4.60. The van der Waals surface area contributed by atoms with E-state index in [0.29, 0.717) is 0 Å². The van der Waals surface area contributed by atoms with Crippen LogP contribution < -0.4 is 10.1 Å². The van der Waals surface area contributed by atoms with E-state index in [1.54, 1.807) is 0 Å². The third kappa shape index (κ3) is 3.64. The normalized spacial score (nSPS) is 11.1. The first-order chi connectivity index (χ1) is 10.3. The van der Waals surface area contributed by atoms with Crippen molar-refractivity contribution in [3.05, 3.63) is 46.9 Å². The summed E-state index contributed by atoms with van der Waals surface area (Å²) in [6.07, 6.45) is -3.44. The zero-order valence-electron chi connectivity index (χ0n) is 11.1. The molecule has 0 atom stereocenters. The number of carbonyl (C=O) groups excluding carboxylic acids is 1. The first-order valence-electron chi connectivity index (χ1n) is 5.86. The molecule has 116 valence electrons. The highest BCUT2D eigenvalue weighted by atomic mass is 35.5. The minimum absolute atomic E-state index is 0.0195. The van der Waals surface area contributed by atoms with Gasteiger partial charge in [-0.3, -0.25) is 4.79 Å². The maximum Gasteiger partial charge on any atom is 0.433 e. The summed E-state index contributed by atoms with van der Waals surface area (Å²) in [5.41, 5.74) is -1.09. The lowest BCUT2D eigenvalue weighted by molar-refractivity contribution is -0.141. The van der Waals surface area contributed by atoms with E-state index in [0.717, 1.165) is 18.3 Å². The fraction of sp³-hybridized carbons (Fsp3) is 0.154. The first-order valence-corrected chi connectivity index (χ1v) is 6.24. The number of methoxy groups -OCH3 is 1. The summed E-state index contributed by atoms with van der Waals surface area (Å²) >= 11 is 5.67. The van der Waals surface area contributed by atoms with Crippen molar-refractivity contribution in [1.29, 1.82) is 0 Å². The van der Waals surface area contributed by atoms with E-state index in [9.17, 15) is 18.0 Å². The number of rotatable bonds is 3. The second kappa shape index (κ2) is 6.18. The van der Waals surface area contributed by atoms with E-state index in [2.05, 4.69) is 15.3 Å². The Morgan fingerprint density at radius 2 is 2.09 bits per heavy atom. The molecule has 2 aromatic heterocycles. The van der Waals surface area contributed by atoms with Gasteiger partial charge in [0.15, 0.2) is 0 Å². The van der Waals surface area contributed by atoms with Crippen LogP contribution in [-0.2, 0) is 6.18 Å². The van der Waals surface area contributed by atoms with Crippen LogP contribution in [0.15, 0.2) is 30.5 Å². The second-order valence-corrected chi connectivity index (χ2v) is 4.45. The maximum absolute atomic E-state index is 12.6. The predicted molar refractivity (Wildman–Crippen MR) is 73.0 cm³/mol. The standard InChI is InChI=1S/C13H9ClF3N3O2/c1-22-8-5-10(14)18-6-7(8)12(21)20-11-4-2-3-9(19-11)13(15,16)17/h2-6H,1H3,(H,19,20,21). The number of hydrogen-bond acceptors (Lipinski definition) is 4. The van der Waals surface area contributed by atoms with Crippen molar-refractivity contribution in [3.63, 3.8) is 0 Å². The van der Waals surface area contributed by atoms with E-state index >= 15 is 0 Å². The number of pyridine rings is 2. The van der Waals surface area contributed by atoms with Gasteiger partial charge in [-0.1, -0.05) is 17.7 Å². The molecule has 0 saturated carbocycles. The van der Waals surface area contributed by atoms with Crippen LogP contribution >= 0.6 is 11.6 Å². The lowest BCUT2D eigenvalue weighted by Gasteiger charge is -2.10. The number of aromatic nitrogens is 2. The first kappa shape index (κ1) is 16.0. The Balaban J connectivity index is 2.26. The molecule has 2 heterocycles. The Morgan fingerprint density at radius 1 is 1.36 bits per heavy atom. The van der Waals surface area contributed by atoms with Crippen molar-refractivity contribution in [3.8, 4) is 5.75 Å². The monoisotopic (exact) mass is 331 g/mol. The molecular formula is C13H9ClF3N3O2. The number of nitrogens with one attached hydrogen (secondary N) is 1. The molecule has 0 unspecified atom stereocenters. The number of ether oxygens (including phenoxy) is 1. The van der Waals surface area contributed by atoms with Crippen LogP contribution in [0.4, 0.5) is 19.0 Å². The van der Waals surface area contributed by atoms with E-state index in [4.69, 9.17) is 16.3 Å². The number of alkyl halides is 3. The Hall–Kier alpha value is -2.35. The Morgan fingerprint density at radius 3 is 2.73 bits per heavy atom. The van der Waals surface area contributed by atoms with Crippen molar-refractivity contribution in [2.45, 2.75) is 6.18 Å². The van der Waals surface area contributed by atoms with Crippen LogP contribution in [0.25, 0.3) is 0 Å². The molecule has 5 nitrogen and oxygen atoms in total. The molecule has 0 aliphatic heterocycles. The molecular weight excluding hydrogens is 323 g/mol. The van der Waals surface area contributed by atoms with Crippen molar-refractivity contribution in [2.24, 2.45) is 0 Å².